The smallest absolute Gasteiger partial charge is 0.115 e. The summed E-state index contributed by atoms with van der Waals surface area (Å²) in [4.78, 5) is 0. The Morgan fingerprint density at radius 1 is 1.38 bits per heavy atom. The number of hydrogen-bond acceptors (Lipinski definition) is 2. The van der Waals surface area contributed by atoms with Crippen LogP contribution in [0.2, 0.25) is 0 Å². The van der Waals surface area contributed by atoms with Crippen molar-refractivity contribution >= 4 is 0 Å². The summed E-state index contributed by atoms with van der Waals surface area (Å²) in [5.74, 6) is 0.331. The molecule has 0 amide bonds. The molecular weight excluding hydrogens is 164 g/mol. The van der Waals surface area contributed by atoms with Gasteiger partial charge in [0, 0.05) is 6.61 Å². The largest absolute Gasteiger partial charge is 0.508 e. The van der Waals surface area contributed by atoms with Gasteiger partial charge in [0.2, 0.25) is 0 Å². The van der Waals surface area contributed by atoms with Crippen molar-refractivity contribution in [1.29, 1.82) is 0 Å². The number of phenols is 1. The van der Waals surface area contributed by atoms with Crippen molar-refractivity contribution in [3.05, 3.63) is 29.3 Å². The first-order valence-electron chi connectivity index (χ1n) is 4.60. The van der Waals surface area contributed by atoms with Gasteiger partial charge in [-0.05, 0) is 43.5 Å². The lowest BCUT2D eigenvalue weighted by Crippen LogP contribution is -1.99. The van der Waals surface area contributed by atoms with E-state index < -0.39 is 0 Å². The summed E-state index contributed by atoms with van der Waals surface area (Å²) < 4.78 is 5.26. The normalized spacial score (nSPS) is 10.3. The molecule has 0 aromatic heterocycles. The Morgan fingerprint density at radius 2 is 2.15 bits per heavy atom. The van der Waals surface area contributed by atoms with Gasteiger partial charge in [0.25, 0.3) is 0 Å². The fourth-order valence-electron chi connectivity index (χ4n) is 1.29. The third kappa shape index (κ3) is 3.07. The monoisotopic (exact) mass is 180 g/mol. The second kappa shape index (κ2) is 4.87. The van der Waals surface area contributed by atoms with E-state index in [2.05, 4.69) is 0 Å². The van der Waals surface area contributed by atoms with Crippen molar-refractivity contribution in [2.24, 2.45) is 0 Å². The van der Waals surface area contributed by atoms with Crippen molar-refractivity contribution in [2.75, 3.05) is 13.2 Å². The van der Waals surface area contributed by atoms with E-state index in [0.29, 0.717) is 5.75 Å². The van der Waals surface area contributed by atoms with E-state index in [9.17, 15) is 5.11 Å². The number of ether oxygens (including phenoxy) is 1. The van der Waals surface area contributed by atoms with Crippen molar-refractivity contribution in [2.45, 2.75) is 20.3 Å². The van der Waals surface area contributed by atoms with E-state index in [1.165, 1.54) is 5.56 Å². The molecule has 0 saturated heterocycles. The van der Waals surface area contributed by atoms with Gasteiger partial charge < -0.3 is 9.84 Å². The van der Waals surface area contributed by atoms with Gasteiger partial charge in [0.1, 0.15) is 5.75 Å². The molecule has 0 heterocycles. The maximum Gasteiger partial charge on any atom is 0.115 e. The quantitative estimate of drug-likeness (QED) is 0.720. The van der Waals surface area contributed by atoms with E-state index in [4.69, 9.17) is 4.74 Å². The van der Waals surface area contributed by atoms with Crippen LogP contribution in [0.4, 0.5) is 0 Å². The zero-order valence-electron chi connectivity index (χ0n) is 8.21. The predicted octanol–water partition coefficient (Wildman–Crippen LogP) is 2.28. The van der Waals surface area contributed by atoms with E-state index in [1.807, 2.05) is 19.9 Å². The lowest BCUT2D eigenvalue weighted by atomic mass is 10.1. The minimum atomic E-state index is 0.331. The first-order chi connectivity index (χ1) is 6.24. The van der Waals surface area contributed by atoms with Gasteiger partial charge in [-0.25, -0.2) is 0 Å². The van der Waals surface area contributed by atoms with Gasteiger partial charge in [-0.2, -0.15) is 0 Å². The molecule has 2 nitrogen and oxygen atoms in total. The Bertz CT molecular complexity index is 269. The average molecular weight is 180 g/mol. The van der Waals surface area contributed by atoms with Gasteiger partial charge in [0.05, 0.1) is 6.61 Å². The Labute approximate surface area is 79.2 Å². The van der Waals surface area contributed by atoms with E-state index >= 15 is 0 Å². The molecule has 1 N–H and O–H groups in total. The maximum absolute atomic E-state index is 9.18. The third-order valence-electron chi connectivity index (χ3n) is 2.05. The molecule has 0 spiro atoms. The summed E-state index contributed by atoms with van der Waals surface area (Å²) in [6.07, 6.45) is 0.917. The van der Waals surface area contributed by atoms with Crippen LogP contribution in [0.5, 0.6) is 5.75 Å². The number of aryl methyl sites for hydroxylation is 1. The molecule has 0 aliphatic rings. The van der Waals surface area contributed by atoms with Gasteiger partial charge in [0.15, 0.2) is 0 Å². The fraction of sp³-hybridized carbons (Fsp3) is 0.455. The highest BCUT2D eigenvalue weighted by molar-refractivity contribution is 5.33. The fourth-order valence-corrected chi connectivity index (χ4v) is 1.29. The van der Waals surface area contributed by atoms with Gasteiger partial charge >= 0.3 is 0 Å². The lowest BCUT2D eigenvalue weighted by molar-refractivity contribution is 0.151. The maximum atomic E-state index is 9.18. The molecule has 0 unspecified atom stereocenters. The minimum Gasteiger partial charge on any atom is -0.508 e. The molecule has 0 bridgehead atoms. The average Bonchev–Trinajstić information content (AvgIpc) is 2.09. The van der Waals surface area contributed by atoms with E-state index in [1.54, 1.807) is 12.1 Å². The SMILES string of the molecule is CCOCCc1ccc(O)cc1C. The molecule has 1 rings (SSSR count). The number of rotatable bonds is 4. The molecule has 1 aromatic rings. The third-order valence-corrected chi connectivity index (χ3v) is 2.05. The van der Waals surface area contributed by atoms with Gasteiger partial charge in [-0.15, -0.1) is 0 Å². The highest BCUT2D eigenvalue weighted by Crippen LogP contribution is 2.15. The zero-order chi connectivity index (χ0) is 9.68. The van der Waals surface area contributed by atoms with Gasteiger partial charge in [-0.1, -0.05) is 6.07 Å². The Morgan fingerprint density at radius 3 is 2.77 bits per heavy atom. The van der Waals surface area contributed by atoms with E-state index in [-0.39, 0.29) is 0 Å². The molecule has 72 valence electrons. The van der Waals surface area contributed by atoms with Crippen LogP contribution in [0.15, 0.2) is 18.2 Å². The predicted molar refractivity (Wildman–Crippen MR) is 53.0 cm³/mol. The number of benzene rings is 1. The molecule has 1 aromatic carbocycles. The first kappa shape index (κ1) is 10.1. The second-order valence-electron chi connectivity index (χ2n) is 3.06. The Kier molecular flexibility index (Phi) is 3.77. The van der Waals surface area contributed by atoms with E-state index in [0.717, 1.165) is 25.2 Å². The summed E-state index contributed by atoms with van der Waals surface area (Å²) in [6.45, 7) is 5.50. The highest BCUT2D eigenvalue weighted by Gasteiger charge is 1.98. The van der Waals surface area contributed by atoms with Crippen molar-refractivity contribution in [3.8, 4) is 5.75 Å². The van der Waals surface area contributed by atoms with Crippen molar-refractivity contribution < 1.29 is 9.84 Å². The molecule has 0 fully saturated rings. The van der Waals surface area contributed by atoms with Crippen LogP contribution in [-0.4, -0.2) is 18.3 Å². The standard InChI is InChI=1S/C11H16O2/c1-3-13-7-6-10-4-5-11(12)8-9(10)2/h4-5,8,12H,3,6-7H2,1-2H3. The number of hydrogen-bond donors (Lipinski definition) is 1. The molecule has 0 aliphatic carbocycles. The summed E-state index contributed by atoms with van der Waals surface area (Å²) in [5.41, 5.74) is 2.37. The highest BCUT2D eigenvalue weighted by atomic mass is 16.5. The number of phenolic OH excluding ortho intramolecular Hbond substituents is 1. The topological polar surface area (TPSA) is 29.5 Å². The van der Waals surface area contributed by atoms with Crippen LogP contribution < -0.4 is 0 Å². The Balaban J connectivity index is 2.56. The van der Waals surface area contributed by atoms with Crippen LogP contribution in [-0.2, 0) is 11.2 Å². The Hall–Kier alpha value is -1.02. The first-order valence-corrected chi connectivity index (χ1v) is 4.60. The van der Waals surface area contributed by atoms with Crippen LogP contribution in [0.1, 0.15) is 18.1 Å². The number of aromatic hydroxyl groups is 1. The molecule has 0 aliphatic heterocycles. The van der Waals surface area contributed by atoms with Crippen LogP contribution in [0.25, 0.3) is 0 Å². The molecule has 0 saturated carbocycles. The molecule has 0 radical (unpaired) electrons. The molecule has 13 heavy (non-hydrogen) atoms. The molecule has 2 heteroatoms. The van der Waals surface area contributed by atoms with Crippen LogP contribution in [0.3, 0.4) is 0 Å². The molecule has 0 atom stereocenters. The second-order valence-corrected chi connectivity index (χ2v) is 3.06. The lowest BCUT2D eigenvalue weighted by Gasteiger charge is -2.05. The summed E-state index contributed by atoms with van der Waals surface area (Å²) >= 11 is 0. The van der Waals surface area contributed by atoms with Gasteiger partial charge in [-0.3, -0.25) is 0 Å². The van der Waals surface area contributed by atoms with Crippen molar-refractivity contribution in [1.82, 2.24) is 0 Å². The summed E-state index contributed by atoms with van der Waals surface area (Å²) in [5, 5.41) is 9.18. The molecular formula is C11H16O2. The van der Waals surface area contributed by atoms with Crippen LogP contribution >= 0.6 is 0 Å². The summed E-state index contributed by atoms with van der Waals surface area (Å²) in [7, 11) is 0. The van der Waals surface area contributed by atoms with Crippen LogP contribution in [0, 0.1) is 6.92 Å². The minimum absolute atomic E-state index is 0.331. The summed E-state index contributed by atoms with van der Waals surface area (Å²) in [6, 6.07) is 5.44. The van der Waals surface area contributed by atoms with Crippen molar-refractivity contribution in [3.63, 3.8) is 0 Å². The zero-order valence-corrected chi connectivity index (χ0v) is 8.21.